The summed E-state index contributed by atoms with van der Waals surface area (Å²) >= 11 is 1.30. The van der Waals surface area contributed by atoms with Crippen molar-refractivity contribution in [2.24, 2.45) is 16.8 Å². The first-order valence-corrected chi connectivity index (χ1v) is 11.3. The normalized spacial score (nSPS) is 27.6. The van der Waals surface area contributed by atoms with Crippen molar-refractivity contribution in [3.63, 3.8) is 0 Å². The van der Waals surface area contributed by atoms with Crippen LogP contribution in [-0.4, -0.2) is 28.6 Å². The minimum Gasteiger partial charge on any atom is -0.493 e. The molecule has 2 aliphatic heterocycles. The van der Waals surface area contributed by atoms with Crippen molar-refractivity contribution in [1.82, 2.24) is 5.01 Å². The smallest absolute Gasteiger partial charge is 0.247 e. The molecule has 1 saturated carbocycles. The summed E-state index contributed by atoms with van der Waals surface area (Å²) in [5.41, 5.74) is 6.91. The molecule has 1 fully saturated rings. The van der Waals surface area contributed by atoms with E-state index < -0.39 is 16.5 Å². The lowest BCUT2D eigenvalue weighted by Gasteiger charge is -2.41. The molecule has 5 rings (SSSR count). The van der Waals surface area contributed by atoms with Gasteiger partial charge in [0.05, 0.1) is 6.61 Å². The molecule has 5 nitrogen and oxygen atoms in total. The first-order valence-electron chi connectivity index (χ1n) is 10.5. The Morgan fingerprint density at radius 1 is 1.16 bits per heavy atom. The second kappa shape index (κ2) is 7.91. The summed E-state index contributed by atoms with van der Waals surface area (Å²) in [6.07, 6.45) is 3.48. The SMILES string of the molecule is N[C@H]1CC[C@@H](C(=O)N2N=C(c3cc(F)ccc3F)SC23CCOc2ccccc23)CC1. The second-order valence-corrected chi connectivity index (χ2v) is 9.54. The minimum atomic E-state index is -0.848. The fraction of sp³-hybridized carbons (Fsp3) is 0.391. The Balaban J connectivity index is 1.59. The van der Waals surface area contributed by atoms with Crippen LogP contribution in [0.25, 0.3) is 0 Å². The number of hydrogen-bond donors (Lipinski definition) is 1. The number of amides is 1. The Bertz CT molecular complexity index is 1050. The summed E-state index contributed by atoms with van der Waals surface area (Å²) in [5.74, 6) is -0.718. The predicted molar refractivity (Wildman–Crippen MR) is 115 cm³/mol. The van der Waals surface area contributed by atoms with Crippen molar-refractivity contribution in [3.05, 3.63) is 65.2 Å². The van der Waals surface area contributed by atoms with Crippen LogP contribution in [0.2, 0.25) is 0 Å². The van der Waals surface area contributed by atoms with E-state index in [1.807, 2.05) is 24.3 Å². The number of benzene rings is 2. The van der Waals surface area contributed by atoms with Gasteiger partial charge >= 0.3 is 0 Å². The Morgan fingerprint density at radius 2 is 1.94 bits per heavy atom. The summed E-state index contributed by atoms with van der Waals surface area (Å²) in [4.78, 5) is 12.8. The number of hydrazone groups is 1. The monoisotopic (exact) mass is 443 g/mol. The molecule has 0 radical (unpaired) electrons. The lowest BCUT2D eigenvalue weighted by molar-refractivity contribution is -0.141. The van der Waals surface area contributed by atoms with Crippen LogP contribution in [0.1, 0.15) is 43.2 Å². The van der Waals surface area contributed by atoms with Crippen molar-refractivity contribution in [1.29, 1.82) is 0 Å². The van der Waals surface area contributed by atoms with Gasteiger partial charge in [-0.2, -0.15) is 5.10 Å². The molecule has 31 heavy (non-hydrogen) atoms. The molecule has 2 aromatic rings. The van der Waals surface area contributed by atoms with Crippen molar-refractivity contribution in [2.75, 3.05) is 6.61 Å². The number of ether oxygens (including phenoxy) is 1. The molecule has 8 heteroatoms. The highest BCUT2D eigenvalue weighted by molar-refractivity contribution is 8.15. The number of rotatable bonds is 2. The highest BCUT2D eigenvalue weighted by Gasteiger charge is 2.53. The number of nitrogens with two attached hydrogens (primary N) is 1. The van der Waals surface area contributed by atoms with Crippen molar-refractivity contribution < 1.29 is 18.3 Å². The summed E-state index contributed by atoms with van der Waals surface area (Å²) in [6.45, 7) is 0.401. The molecule has 1 amide bonds. The van der Waals surface area contributed by atoms with E-state index in [0.29, 0.717) is 36.7 Å². The lowest BCUT2D eigenvalue weighted by Crippen LogP contribution is -2.47. The number of halogens is 2. The molecule has 1 aliphatic carbocycles. The number of para-hydroxylation sites is 1. The van der Waals surface area contributed by atoms with Crippen molar-refractivity contribution in [2.45, 2.75) is 43.0 Å². The van der Waals surface area contributed by atoms with Crippen LogP contribution in [0.3, 0.4) is 0 Å². The number of fused-ring (bicyclic) bond motifs is 2. The zero-order valence-electron chi connectivity index (χ0n) is 16.9. The van der Waals surface area contributed by atoms with Crippen LogP contribution in [-0.2, 0) is 9.67 Å². The molecule has 1 spiro atoms. The average molecular weight is 444 g/mol. The number of thioether (sulfide) groups is 1. The number of carbonyl (C=O) groups excluding carboxylic acids is 1. The molecule has 0 bridgehead atoms. The molecule has 1 atom stereocenters. The first-order chi connectivity index (χ1) is 15.0. The zero-order chi connectivity index (χ0) is 21.6. The van der Waals surface area contributed by atoms with E-state index in [1.165, 1.54) is 16.8 Å². The van der Waals surface area contributed by atoms with Crippen LogP contribution in [0.15, 0.2) is 47.6 Å². The van der Waals surface area contributed by atoms with Gasteiger partial charge in [0.1, 0.15) is 27.3 Å². The predicted octanol–water partition coefficient (Wildman–Crippen LogP) is 4.35. The summed E-state index contributed by atoms with van der Waals surface area (Å²) in [6, 6.07) is 11.0. The Kier molecular flexibility index (Phi) is 5.22. The lowest BCUT2D eigenvalue weighted by atomic mass is 9.85. The zero-order valence-corrected chi connectivity index (χ0v) is 17.7. The van der Waals surface area contributed by atoms with E-state index in [0.717, 1.165) is 36.6 Å². The van der Waals surface area contributed by atoms with Crippen LogP contribution in [0.4, 0.5) is 8.78 Å². The number of carbonyl (C=O) groups is 1. The maximum atomic E-state index is 14.6. The Labute approximate surface area is 183 Å². The molecule has 0 aromatic heterocycles. The molecular weight excluding hydrogens is 420 g/mol. The molecule has 2 aromatic carbocycles. The molecule has 3 aliphatic rings. The molecule has 1 unspecified atom stereocenters. The third kappa shape index (κ3) is 3.51. The molecular formula is C23H23F2N3O2S. The summed E-state index contributed by atoms with van der Waals surface area (Å²) in [5, 5.41) is 6.41. The fourth-order valence-corrected chi connectivity index (χ4v) is 6.00. The van der Waals surface area contributed by atoms with Gasteiger partial charge in [-0.3, -0.25) is 4.79 Å². The molecule has 0 saturated heterocycles. The van der Waals surface area contributed by atoms with Crippen molar-refractivity contribution >= 4 is 22.7 Å². The van der Waals surface area contributed by atoms with E-state index in [9.17, 15) is 13.6 Å². The van der Waals surface area contributed by atoms with E-state index in [4.69, 9.17) is 10.5 Å². The molecule has 162 valence electrons. The quantitative estimate of drug-likeness (QED) is 0.749. The third-order valence-electron chi connectivity index (χ3n) is 6.29. The minimum absolute atomic E-state index is 0.0642. The Morgan fingerprint density at radius 3 is 2.74 bits per heavy atom. The molecule has 2 heterocycles. The van der Waals surface area contributed by atoms with Gasteiger partial charge in [-0.05, 0) is 49.9 Å². The number of nitrogens with zero attached hydrogens (tertiary/aromatic N) is 2. The van der Waals surface area contributed by atoms with E-state index >= 15 is 0 Å². The topological polar surface area (TPSA) is 67.9 Å². The van der Waals surface area contributed by atoms with Gasteiger partial charge in [-0.1, -0.05) is 30.0 Å². The first kappa shape index (κ1) is 20.5. The summed E-state index contributed by atoms with van der Waals surface area (Å²) in [7, 11) is 0. The van der Waals surface area contributed by atoms with Gasteiger partial charge in [0.25, 0.3) is 0 Å². The van der Waals surface area contributed by atoms with Gasteiger partial charge in [-0.25, -0.2) is 13.8 Å². The Hall–Kier alpha value is -2.45. The average Bonchev–Trinajstić information content (AvgIpc) is 3.15. The second-order valence-electron chi connectivity index (χ2n) is 8.27. The van der Waals surface area contributed by atoms with E-state index in [-0.39, 0.29) is 23.4 Å². The van der Waals surface area contributed by atoms with Gasteiger partial charge in [0, 0.05) is 29.5 Å². The number of hydrogen-bond acceptors (Lipinski definition) is 5. The van der Waals surface area contributed by atoms with Gasteiger partial charge in [-0.15, -0.1) is 0 Å². The maximum Gasteiger partial charge on any atom is 0.247 e. The highest BCUT2D eigenvalue weighted by Crippen LogP contribution is 2.55. The van der Waals surface area contributed by atoms with Crippen LogP contribution in [0.5, 0.6) is 5.75 Å². The standard InChI is InChI=1S/C23H23F2N3O2S/c24-15-7-10-19(25)17(13-15)21-27-28(22(29)14-5-8-16(26)9-6-14)23(31-21)11-12-30-20-4-2-1-3-18(20)23/h1-4,7,10,13-14,16H,5-6,8-9,11-12,26H2/t14-,16+,23?. The highest BCUT2D eigenvalue weighted by atomic mass is 32.2. The molecule has 2 N–H and O–H groups in total. The van der Waals surface area contributed by atoms with Crippen LogP contribution in [0, 0.1) is 17.6 Å². The largest absolute Gasteiger partial charge is 0.493 e. The van der Waals surface area contributed by atoms with E-state index in [2.05, 4.69) is 5.10 Å². The van der Waals surface area contributed by atoms with Crippen LogP contribution < -0.4 is 10.5 Å². The van der Waals surface area contributed by atoms with Gasteiger partial charge in [0.15, 0.2) is 0 Å². The van der Waals surface area contributed by atoms with Gasteiger partial charge < -0.3 is 10.5 Å². The van der Waals surface area contributed by atoms with E-state index in [1.54, 1.807) is 0 Å². The summed E-state index contributed by atoms with van der Waals surface area (Å²) < 4.78 is 34.3. The van der Waals surface area contributed by atoms with Gasteiger partial charge in [0.2, 0.25) is 5.91 Å². The third-order valence-corrected chi connectivity index (χ3v) is 7.72. The van der Waals surface area contributed by atoms with Crippen molar-refractivity contribution in [3.8, 4) is 5.75 Å². The maximum absolute atomic E-state index is 14.6. The fourth-order valence-electron chi connectivity index (χ4n) is 4.61. The van der Waals surface area contributed by atoms with Crippen LogP contribution >= 0.6 is 11.8 Å².